The molecular formula is C13H9CuNO2. The Hall–Kier alpha value is -1.77. The van der Waals surface area contributed by atoms with Crippen molar-refractivity contribution in [2.75, 3.05) is 0 Å². The maximum atomic E-state index is 9.69. The Labute approximate surface area is 109 Å². The van der Waals surface area contributed by atoms with Crippen LogP contribution in [0.4, 0.5) is 0 Å². The topological polar surface area (TPSA) is 46.3 Å². The molecule has 0 fully saturated rings. The van der Waals surface area contributed by atoms with Crippen LogP contribution in [-0.2, 0) is 17.1 Å². The Bertz CT molecular complexity index is 615. The number of fused-ring (bicyclic) bond motifs is 1. The molecular weight excluding hydrogens is 266 g/mol. The van der Waals surface area contributed by atoms with Gasteiger partial charge in [-0.2, -0.15) is 0 Å². The number of phenolic OH excluding ortho intramolecular Hbond substituents is 1. The van der Waals surface area contributed by atoms with E-state index in [-0.39, 0.29) is 22.8 Å². The summed E-state index contributed by atoms with van der Waals surface area (Å²) >= 11 is 0. The zero-order valence-corrected chi connectivity index (χ0v) is 9.66. The average Bonchev–Trinajstić information content (AvgIpc) is 2.73. The van der Waals surface area contributed by atoms with Crippen LogP contribution in [-0.4, -0.2) is 10.1 Å². The summed E-state index contributed by atoms with van der Waals surface area (Å²) in [5.74, 6) is 0.619. The van der Waals surface area contributed by atoms with Gasteiger partial charge in [0.15, 0.2) is 5.58 Å². The van der Waals surface area contributed by atoms with E-state index in [0.29, 0.717) is 11.5 Å². The van der Waals surface area contributed by atoms with Crippen molar-refractivity contribution in [3.05, 3.63) is 48.5 Å². The SMILES string of the molecule is Oc1ccccc1-c1nc2ccccc2o1.[Cu]. The van der Waals surface area contributed by atoms with Gasteiger partial charge in [0, 0.05) is 17.1 Å². The molecule has 3 aromatic rings. The number of aromatic hydroxyl groups is 1. The average molecular weight is 275 g/mol. The molecule has 0 amide bonds. The number of aromatic nitrogens is 1. The van der Waals surface area contributed by atoms with Crippen molar-refractivity contribution in [2.45, 2.75) is 0 Å². The zero-order valence-electron chi connectivity index (χ0n) is 8.72. The predicted molar refractivity (Wildman–Crippen MR) is 61.1 cm³/mol. The van der Waals surface area contributed by atoms with Crippen LogP contribution in [0.15, 0.2) is 52.9 Å². The van der Waals surface area contributed by atoms with E-state index in [9.17, 15) is 5.11 Å². The molecule has 3 nitrogen and oxygen atoms in total. The van der Waals surface area contributed by atoms with Crippen molar-refractivity contribution in [1.29, 1.82) is 0 Å². The molecule has 0 spiro atoms. The molecule has 3 rings (SSSR count). The first kappa shape index (κ1) is 11.7. The molecule has 0 bridgehead atoms. The summed E-state index contributed by atoms with van der Waals surface area (Å²) in [6, 6.07) is 14.5. The molecule has 1 N–H and O–H groups in total. The Balaban J connectivity index is 0.00000108. The Morgan fingerprint density at radius 2 is 1.65 bits per heavy atom. The first-order valence-electron chi connectivity index (χ1n) is 4.98. The fourth-order valence-electron chi connectivity index (χ4n) is 1.64. The van der Waals surface area contributed by atoms with Gasteiger partial charge in [0.25, 0.3) is 0 Å². The molecule has 0 saturated heterocycles. The summed E-state index contributed by atoms with van der Waals surface area (Å²) in [5.41, 5.74) is 2.13. The van der Waals surface area contributed by atoms with Crippen LogP contribution in [0.3, 0.4) is 0 Å². The van der Waals surface area contributed by atoms with Gasteiger partial charge in [-0.25, -0.2) is 4.98 Å². The quantitative estimate of drug-likeness (QED) is 0.693. The minimum Gasteiger partial charge on any atom is -0.507 e. The van der Waals surface area contributed by atoms with Crippen molar-refractivity contribution < 1.29 is 26.6 Å². The van der Waals surface area contributed by atoms with Gasteiger partial charge in [0.05, 0.1) is 5.56 Å². The fraction of sp³-hybridized carbons (Fsp3) is 0. The van der Waals surface area contributed by atoms with Crippen LogP contribution in [0.1, 0.15) is 0 Å². The largest absolute Gasteiger partial charge is 0.507 e. The monoisotopic (exact) mass is 274 g/mol. The summed E-state index contributed by atoms with van der Waals surface area (Å²) in [4.78, 5) is 4.32. The first-order chi connectivity index (χ1) is 7.84. The van der Waals surface area contributed by atoms with E-state index >= 15 is 0 Å². The van der Waals surface area contributed by atoms with E-state index in [1.165, 1.54) is 0 Å². The fourth-order valence-corrected chi connectivity index (χ4v) is 1.64. The Morgan fingerprint density at radius 3 is 2.41 bits per heavy atom. The molecule has 0 unspecified atom stereocenters. The Morgan fingerprint density at radius 1 is 0.941 bits per heavy atom. The molecule has 0 atom stereocenters. The third kappa shape index (κ3) is 2.05. The van der Waals surface area contributed by atoms with E-state index in [1.54, 1.807) is 18.2 Å². The van der Waals surface area contributed by atoms with E-state index in [4.69, 9.17) is 4.42 Å². The second-order valence-electron chi connectivity index (χ2n) is 3.50. The number of oxazole rings is 1. The number of rotatable bonds is 1. The molecule has 0 aliphatic carbocycles. The van der Waals surface area contributed by atoms with Crippen LogP contribution < -0.4 is 0 Å². The van der Waals surface area contributed by atoms with Crippen molar-refractivity contribution >= 4 is 11.1 Å². The van der Waals surface area contributed by atoms with Gasteiger partial charge >= 0.3 is 0 Å². The molecule has 0 saturated carbocycles. The maximum absolute atomic E-state index is 9.69. The van der Waals surface area contributed by atoms with Crippen LogP contribution in [0.2, 0.25) is 0 Å². The summed E-state index contributed by atoms with van der Waals surface area (Å²) in [7, 11) is 0. The number of phenols is 1. The van der Waals surface area contributed by atoms with Gasteiger partial charge in [0.1, 0.15) is 11.3 Å². The number of hydrogen-bond acceptors (Lipinski definition) is 3. The summed E-state index contributed by atoms with van der Waals surface area (Å²) < 4.78 is 5.56. The normalized spacial score (nSPS) is 10.1. The second-order valence-corrected chi connectivity index (χ2v) is 3.50. The van der Waals surface area contributed by atoms with Crippen LogP contribution in [0.5, 0.6) is 5.75 Å². The van der Waals surface area contributed by atoms with E-state index in [2.05, 4.69) is 4.98 Å². The van der Waals surface area contributed by atoms with Gasteiger partial charge < -0.3 is 9.52 Å². The Kier molecular flexibility index (Phi) is 3.18. The van der Waals surface area contributed by atoms with Gasteiger partial charge in [-0.3, -0.25) is 0 Å². The van der Waals surface area contributed by atoms with E-state index in [1.807, 2.05) is 30.3 Å². The van der Waals surface area contributed by atoms with Crippen LogP contribution in [0.25, 0.3) is 22.6 Å². The van der Waals surface area contributed by atoms with Gasteiger partial charge in [0.2, 0.25) is 5.89 Å². The smallest absolute Gasteiger partial charge is 0.231 e. The van der Waals surface area contributed by atoms with Gasteiger partial charge in [-0.05, 0) is 24.3 Å². The zero-order chi connectivity index (χ0) is 11.0. The molecule has 17 heavy (non-hydrogen) atoms. The standard InChI is InChI=1S/C13H9NO2.Cu/c15-11-7-3-1-5-9(11)13-14-10-6-2-4-8-12(10)16-13;/h1-8,15H;. The summed E-state index contributed by atoms with van der Waals surface area (Å²) in [6.07, 6.45) is 0. The predicted octanol–water partition coefficient (Wildman–Crippen LogP) is 3.20. The van der Waals surface area contributed by atoms with E-state index in [0.717, 1.165) is 11.1 Å². The number of para-hydroxylation sites is 3. The summed E-state index contributed by atoms with van der Waals surface area (Å²) in [6.45, 7) is 0. The molecule has 2 aromatic carbocycles. The van der Waals surface area contributed by atoms with Crippen molar-refractivity contribution in [2.24, 2.45) is 0 Å². The minimum absolute atomic E-state index is 0. The van der Waals surface area contributed by atoms with Crippen molar-refractivity contribution in [3.63, 3.8) is 0 Å². The molecule has 1 heterocycles. The minimum atomic E-state index is 0. The van der Waals surface area contributed by atoms with Crippen molar-refractivity contribution in [1.82, 2.24) is 4.98 Å². The number of benzene rings is 2. The first-order valence-corrected chi connectivity index (χ1v) is 4.98. The second kappa shape index (κ2) is 4.62. The molecule has 4 heteroatoms. The molecule has 0 aliphatic heterocycles. The van der Waals surface area contributed by atoms with Crippen molar-refractivity contribution in [3.8, 4) is 17.2 Å². The molecule has 1 radical (unpaired) electrons. The maximum Gasteiger partial charge on any atom is 0.231 e. The van der Waals surface area contributed by atoms with E-state index < -0.39 is 0 Å². The van der Waals surface area contributed by atoms with Gasteiger partial charge in [-0.1, -0.05) is 24.3 Å². The number of hydrogen-bond donors (Lipinski definition) is 1. The molecule has 0 aliphatic rings. The van der Waals surface area contributed by atoms with Crippen LogP contribution in [0, 0.1) is 0 Å². The third-order valence-corrected chi connectivity index (χ3v) is 2.43. The third-order valence-electron chi connectivity index (χ3n) is 2.43. The number of nitrogens with zero attached hydrogens (tertiary/aromatic N) is 1. The summed E-state index contributed by atoms with van der Waals surface area (Å²) in [5, 5.41) is 9.69. The molecule has 89 valence electrons. The van der Waals surface area contributed by atoms with Crippen LogP contribution >= 0.6 is 0 Å². The molecule has 1 aromatic heterocycles. The van der Waals surface area contributed by atoms with Gasteiger partial charge in [-0.15, -0.1) is 0 Å².